The van der Waals surface area contributed by atoms with Crippen LogP contribution in [0.3, 0.4) is 0 Å². The van der Waals surface area contributed by atoms with Gasteiger partial charge in [-0.3, -0.25) is 0 Å². The first kappa shape index (κ1) is 16.0. The van der Waals surface area contributed by atoms with Gasteiger partial charge in [0.1, 0.15) is 0 Å². The molecule has 0 amide bonds. The molecule has 0 radical (unpaired) electrons. The Labute approximate surface area is 134 Å². The molecule has 2 fully saturated rings. The second-order valence-electron chi connectivity index (χ2n) is 6.51. The fourth-order valence-corrected chi connectivity index (χ4v) is 5.44. The summed E-state index contributed by atoms with van der Waals surface area (Å²) in [6.45, 7) is 2.09. The third-order valence-corrected chi connectivity index (χ3v) is 6.99. The standard InChI is InChI=1S/C17H26N2O2S/c20-22(21,17-8-2-1-3-9-17)19-13-12-18-14-16(19)11-10-15-6-4-5-7-15/h1-3,8-9,15-16,18H,4-7,10-14H2/t16-/m0/s1. The van der Waals surface area contributed by atoms with Gasteiger partial charge in [-0.2, -0.15) is 4.31 Å². The van der Waals surface area contributed by atoms with Crippen LogP contribution in [0.1, 0.15) is 38.5 Å². The number of nitrogens with zero attached hydrogens (tertiary/aromatic N) is 1. The number of hydrogen-bond acceptors (Lipinski definition) is 3. The van der Waals surface area contributed by atoms with Crippen LogP contribution in [-0.4, -0.2) is 38.4 Å². The third-order valence-electron chi connectivity index (χ3n) is 5.03. The molecule has 1 aliphatic heterocycles. The minimum Gasteiger partial charge on any atom is -0.314 e. The van der Waals surface area contributed by atoms with Crippen LogP contribution in [0.5, 0.6) is 0 Å². The Balaban J connectivity index is 1.71. The third kappa shape index (κ3) is 3.53. The normalized spacial score (nSPS) is 24.6. The average Bonchev–Trinajstić information content (AvgIpc) is 3.07. The largest absolute Gasteiger partial charge is 0.314 e. The maximum absolute atomic E-state index is 12.9. The smallest absolute Gasteiger partial charge is 0.243 e. The van der Waals surface area contributed by atoms with Gasteiger partial charge >= 0.3 is 0 Å². The number of hydrogen-bond donors (Lipinski definition) is 1. The van der Waals surface area contributed by atoms with E-state index in [0.29, 0.717) is 11.4 Å². The molecule has 5 heteroatoms. The van der Waals surface area contributed by atoms with Gasteiger partial charge < -0.3 is 5.32 Å². The Morgan fingerprint density at radius 3 is 2.55 bits per heavy atom. The molecule has 1 aliphatic carbocycles. The molecule has 122 valence electrons. The van der Waals surface area contributed by atoms with Crippen molar-refractivity contribution < 1.29 is 8.42 Å². The molecule has 0 spiro atoms. The number of benzene rings is 1. The molecule has 22 heavy (non-hydrogen) atoms. The summed E-state index contributed by atoms with van der Waals surface area (Å²) in [7, 11) is -3.36. The first-order valence-electron chi connectivity index (χ1n) is 8.45. The van der Waals surface area contributed by atoms with Crippen molar-refractivity contribution in [3.8, 4) is 0 Å². The van der Waals surface area contributed by atoms with E-state index in [4.69, 9.17) is 0 Å². The number of nitrogens with one attached hydrogen (secondary N) is 1. The van der Waals surface area contributed by atoms with Crippen LogP contribution in [0.2, 0.25) is 0 Å². The highest BCUT2D eigenvalue weighted by Crippen LogP contribution is 2.30. The molecule has 0 aromatic heterocycles. The molecule has 1 saturated heterocycles. The zero-order valence-electron chi connectivity index (χ0n) is 13.1. The predicted octanol–water partition coefficient (Wildman–Crippen LogP) is 2.62. The Kier molecular flexibility index (Phi) is 5.16. The molecule has 1 N–H and O–H groups in total. The maximum atomic E-state index is 12.9. The fourth-order valence-electron chi connectivity index (χ4n) is 3.76. The van der Waals surface area contributed by atoms with Gasteiger partial charge in [-0.05, 0) is 30.9 Å². The number of rotatable bonds is 5. The van der Waals surface area contributed by atoms with Crippen LogP contribution in [0.25, 0.3) is 0 Å². The Bertz CT molecular complexity index is 568. The van der Waals surface area contributed by atoms with Crippen molar-refractivity contribution in [1.82, 2.24) is 9.62 Å². The molecule has 2 aliphatic rings. The van der Waals surface area contributed by atoms with E-state index in [0.717, 1.165) is 31.8 Å². The predicted molar refractivity (Wildman–Crippen MR) is 88.2 cm³/mol. The van der Waals surface area contributed by atoms with E-state index in [1.54, 1.807) is 28.6 Å². The van der Waals surface area contributed by atoms with Gasteiger partial charge in [-0.15, -0.1) is 0 Å². The Morgan fingerprint density at radius 2 is 1.82 bits per heavy atom. The van der Waals surface area contributed by atoms with Crippen molar-refractivity contribution in [3.63, 3.8) is 0 Å². The summed E-state index contributed by atoms with van der Waals surface area (Å²) in [5.74, 6) is 0.809. The van der Waals surface area contributed by atoms with Crippen LogP contribution in [0.15, 0.2) is 35.2 Å². The zero-order chi connectivity index (χ0) is 15.4. The van der Waals surface area contributed by atoms with Crippen LogP contribution in [0, 0.1) is 5.92 Å². The minimum atomic E-state index is -3.36. The number of sulfonamides is 1. The molecule has 1 aromatic rings. The highest BCUT2D eigenvalue weighted by atomic mass is 32.2. The van der Waals surface area contributed by atoms with Crippen molar-refractivity contribution in [2.24, 2.45) is 5.92 Å². The summed E-state index contributed by atoms with van der Waals surface area (Å²) >= 11 is 0. The highest BCUT2D eigenvalue weighted by molar-refractivity contribution is 7.89. The second-order valence-corrected chi connectivity index (χ2v) is 8.41. The van der Waals surface area contributed by atoms with Gasteiger partial charge in [0.15, 0.2) is 0 Å². The molecule has 0 unspecified atom stereocenters. The topological polar surface area (TPSA) is 49.4 Å². The number of piperazine rings is 1. The van der Waals surface area contributed by atoms with E-state index in [1.807, 2.05) is 6.07 Å². The van der Waals surface area contributed by atoms with Crippen molar-refractivity contribution in [2.75, 3.05) is 19.6 Å². The van der Waals surface area contributed by atoms with Gasteiger partial charge in [0.2, 0.25) is 10.0 Å². The van der Waals surface area contributed by atoms with E-state index in [-0.39, 0.29) is 6.04 Å². The zero-order valence-corrected chi connectivity index (χ0v) is 13.9. The van der Waals surface area contributed by atoms with Crippen LogP contribution < -0.4 is 5.32 Å². The lowest BCUT2D eigenvalue weighted by atomic mass is 9.98. The van der Waals surface area contributed by atoms with Gasteiger partial charge in [0.25, 0.3) is 0 Å². The monoisotopic (exact) mass is 322 g/mol. The van der Waals surface area contributed by atoms with Gasteiger partial charge in [-0.1, -0.05) is 43.9 Å². The fraction of sp³-hybridized carbons (Fsp3) is 0.647. The van der Waals surface area contributed by atoms with Crippen LogP contribution in [-0.2, 0) is 10.0 Å². The summed E-state index contributed by atoms with van der Waals surface area (Å²) in [6, 6.07) is 8.94. The SMILES string of the molecule is O=S(=O)(c1ccccc1)N1CCNC[C@@H]1CCC1CCCC1. The molecule has 1 saturated carbocycles. The quantitative estimate of drug-likeness (QED) is 0.906. The van der Waals surface area contributed by atoms with E-state index in [2.05, 4.69) is 5.32 Å². The van der Waals surface area contributed by atoms with Crippen molar-refractivity contribution in [1.29, 1.82) is 0 Å². The van der Waals surface area contributed by atoms with Gasteiger partial charge in [0, 0.05) is 25.7 Å². The lowest BCUT2D eigenvalue weighted by molar-refractivity contribution is 0.242. The molecule has 0 bridgehead atoms. The summed E-state index contributed by atoms with van der Waals surface area (Å²) < 4.78 is 27.5. The highest BCUT2D eigenvalue weighted by Gasteiger charge is 2.33. The molecule has 1 aromatic carbocycles. The molecule has 3 rings (SSSR count). The van der Waals surface area contributed by atoms with E-state index < -0.39 is 10.0 Å². The van der Waals surface area contributed by atoms with E-state index >= 15 is 0 Å². The van der Waals surface area contributed by atoms with Crippen LogP contribution >= 0.6 is 0 Å². The maximum Gasteiger partial charge on any atom is 0.243 e. The van der Waals surface area contributed by atoms with Gasteiger partial charge in [-0.25, -0.2) is 8.42 Å². The van der Waals surface area contributed by atoms with Crippen molar-refractivity contribution in [2.45, 2.75) is 49.5 Å². The molecular formula is C17H26N2O2S. The summed E-state index contributed by atoms with van der Waals surface area (Å²) in [4.78, 5) is 0.419. The summed E-state index contributed by atoms with van der Waals surface area (Å²) in [5, 5.41) is 3.36. The molecule has 1 heterocycles. The Morgan fingerprint density at radius 1 is 1.09 bits per heavy atom. The second kappa shape index (κ2) is 7.11. The van der Waals surface area contributed by atoms with Crippen LogP contribution in [0.4, 0.5) is 0 Å². The average molecular weight is 322 g/mol. The van der Waals surface area contributed by atoms with Gasteiger partial charge in [0.05, 0.1) is 4.90 Å². The van der Waals surface area contributed by atoms with Crippen molar-refractivity contribution >= 4 is 10.0 Å². The van der Waals surface area contributed by atoms with Crippen molar-refractivity contribution in [3.05, 3.63) is 30.3 Å². The van der Waals surface area contributed by atoms with E-state index in [9.17, 15) is 8.42 Å². The lowest BCUT2D eigenvalue weighted by Crippen LogP contribution is -2.53. The molecule has 1 atom stereocenters. The molecule has 4 nitrogen and oxygen atoms in total. The van der Waals surface area contributed by atoms with E-state index in [1.165, 1.54) is 25.7 Å². The summed E-state index contributed by atoms with van der Waals surface area (Å²) in [6.07, 6.45) is 7.48. The summed E-state index contributed by atoms with van der Waals surface area (Å²) in [5.41, 5.74) is 0. The molecular weight excluding hydrogens is 296 g/mol. The minimum absolute atomic E-state index is 0.0968. The first-order valence-corrected chi connectivity index (χ1v) is 9.89. The first-order chi connectivity index (χ1) is 10.7. The Hall–Kier alpha value is -0.910. The lowest BCUT2D eigenvalue weighted by Gasteiger charge is -2.35.